The van der Waals surface area contributed by atoms with Crippen LogP contribution in [-0.4, -0.2) is 30.8 Å². The molecule has 0 radical (unpaired) electrons. The number of carbonyl (C=O) groups excluding carboxylic acids is 3. The normalized spacial score (nSPS) is 10.1. The maximum Gasteiger partial charge on any atom is 0.308 e. The Morgan fingerprint density at radius 1 is 1.13 bits per heavy atom. The summed E-state index contributed by atoms with van der Waals surface area (Å²) in [5.41, 5.74) is 0.299. The van der Waals surface area contributed by atoms with E-state index in [0.29, 0.717) is 10.6 Å². The smallest absolute Gasteiger partial charge is 0.308 e. The fourth-order valence-corrected chi connectivity index (χ4v) is 2.00. The van der Waals surface area contributed by atoms with Crippen molar-refractivity contribution in [1.29, 1.82) is 0 Å². The molecule has 120 valence electrons. The van der Waals surface area contributed by atoms with E-state index >= 15 is 0 Å². The second kappa shape index (κ2) is 8.14. The number of hydrogen-bond acceptors (Lipinski definition) is 5. The molecule has 1 amide bonds. The fraction of sp³-hybridized carbons (Fsp3) is 0.188. The van der Waals surface area contributed by atoms with Crippen LogP contribution in [0.1, 0.15) is 27.3 Å². The van der Waals surface area contributed by atoms with E-state index in [0.717, 1.165) is 0 Å². The predicted octanol–water partition coefficient (Wildman–Crippen LogP) is 2.48. The van der Waals surface area contributed by atoms with Gasteiger partial charge in [0.05, 0.1) is 17.7 Å². The summed E-state index contributed by atoms with van der Waals surface area (Å²) in [5, 5.41) is 2.81. The molecule has 0 aliphatic rings. The first-order chi connectivity index (χ1) is 11.1. The Morgan fingerprint density at radius 3 is 2.61 bits per heavy atom. The van der Waals surface area contributed by atoms with Crippen molar-refractivity contribution in [2.45, 2.75) is 6.42 Å². The molecule has 0 saturated heterocycles. The van der Waals surface area contributed by atoms with Crippen molar-refractivity contribution in [1.82, 2.24) is 5.32 Å². The topological polar surface area (TPSA) is 85.6 Å². The molecule has 0 atom stereocenters. The lowest BCUT2D eigenvalue weighted by Gasteiger charge is -2.06. The van der Waals surface area contributed by atoms with Crippen molar-refractivity contribution in [3.8, 4) is 0 Å². The van der Waals surface area contributed by atoms with Crippen molar-refractivity contribution >= 4 is 29.3 Å². The molecule has 0 aliphatic carbocycles. The molecule has 1 N–H and O–H groups in total. The Labute approximate surface area is 137 Å². The average Bonchev–Trinajstić information content (AvgIpc) is 3.07. The summed E-state index contributed by atoms with van der Waals surface area (Å²) in [6.07, 6.45) is 1.33. The third-order valence-corrected chi connectivity index (χ3v) is 3.23. The number of benzene rings is 1. The number of carbonyl (C=O) groups is 3. The Balaban J connectivity index is 1.70. The van der Waals surface area contributed by atoms with E-state index in [1.807, 2.05) is 0 Å². The van der Waals surface area contributed by atoms with Gasteiger partial charge in [-0.2, -0.15) is 0 Å². The molecule has 6 nitrogen and oxygen atoms in total. The maximum atomic E-state index is 11.9. The molecule has 0 saturated carbocycles. The van der Waals surface area contributed by atoms with E-state index < -0.39 is 18.5 Å². The molecule has 7 heteroatoms. The Bertz CT molecular complexity index is 696. The number of nitrogens with one attached hydrogen (secondary N) is 1. The van der Waals surface area contributed by atoms with Gasteiger partial charge in [-0.15, -0.1) is 0 Å². The molecule has 0 fully saturated rings. The molecular formula is C16H14ClNO5. The predicted molar refractivity (Wildman–Crippen MR) is 82.4 cm³/mol. The largest absolute Gasteiger partial charge is 0.459 e. The molecule has 0 bridgehead atoms. The molecule has 1 heterocycles. The van der Waals surface area contributed by atoms with Gasteiger partial charge in [-0.3, -0.25) is 14.4 Å². The number of ketones is 1. The van der Waals surface area contributed by atoms with Gasteiger partial charge < -0.3 is 14.5 Å². The minimum absolute atomic E-state index is 0.0533. The van der Waals surface area contributed by atoms with Crippen molar-refractivity contribution in [3.05, 3.63) is 59.0 Å². The fourth-order valence-electron chi connectivity index (χ4n) is 1.76. The molecule has 1 aromatic carbocycles. The summed E-state index contributed by atoms with van der Waals surface area (Å²) in [6, 6.07) is 9.61. The molecule has 0 spiro atoms. The zero-order valence-electron chi connectivity index (χ0n) is 12.1. The number of esters is 1. The second-order valence-corrected chi connectivity index (χ2v) is 4.95. The van der Waals surface area contributed by atoms with E-state index in [2.05, 4.69) is 5.32 Å². The van der Waals surface area contributed by atoms with Crippen LogP contribution in [0.2, 0.25) is 5.02 Å². The summed E-state index contributed by atoms with van der Waals surface area (Å²) >= 11 is 5.88. The number of ether oxygens (including phenoxy) is 1. The molecule has 1 aromatic heterocycles. The number of hydrogen-bond donors (Lipinski definition) is 1. The summed E-state index contributed by atoms with van der Waals surface area (Å²) in [6.45, 7) is -0.312. The molecule has 23 heavy (non-hydrogen) atoms. The van der Waals surface area contributed by atoms with E-state index in [1.54, 1.807) is 30.3 Å². The van der Waals surface area contributed by atoms with Crippen LogP contribution in [0.5, 0.6) is 0 Å². The van der Waals surface area contributed by atoms with Crippen LogP contribution >= 0.6 is 11.6 Å². The Hall–Kier alpha value is -2.60. The average molecular weight is 336 g/mol. The Morgan fingerprint density at radius 2 is 1.91 bits per heavy atom. The van der Waals surface area contributed by atoms with Gasteiger partial charge in [0.1, 0.15) is 0 Å². The van der Waals surface area contributed by atoms with Crippen molar-refractivity contribution in [2.75, 3.05) is 13.2 Å². The highest BCUT2D eigenvalue weighted by molar-refractivity contribution is 6.34. The van der Waals surface area contributed by atoms with E-state index in [4.69, 9.17) is 20.8 Å². The summed E-state index contributed by atoms with van der Waals surface area (Å²) in [4.78, 5) is 35.0. The minimum atomic E-state index is -0.592. The maximum absolute atomic E-state index is 11.9. The van der Waals surface area contributed by atoms with Crippen LogP contribution in [0, 0.1) is 0 Å². The number of halogens is 1. The van der Waals surface area contributed by atoms with Crippen molar-refractivity contribution in [2.24, 2.45) is 0 Å². The molecule has 2 rings (SSSR count). The quantitative estimate of drug-likeness (QED) is 0.620. The van der Waals surface area contributed by atoms with Crippen LogP contribution in [0.4, 0.5) is 0 Å². The zero-order valence-corrected chi connectivity index (χ0v) is 12.8. The summed E-state index contributed by atoms with van der Waals surface area (Å²) in [5.74, 6) is -1.24. The molecule has 0 unspecified atom stereocenters. The number of rotatable bonds is 7. The van der Waals surface area contributed by atoms with Gasteiger partial charge in [-0.1, -0.05) is 23.7 Å². The van der Waals surface area contributed by atoms with E-state index in [9.17, 15) is 14.4 Å². The van der Waals surface area contributed by atoms with Gasteiger partial charge in [-0.05, 0) is 24.3 Å². The molecule has 0 aliphatic heterocycles. The lowest BCUT2D eigenvalue weighted by Crippen LogP contribution is -2.26. The van der Waals surface area contributed by atoms with Crippen LogP contribution in [0.15, 0.2) is 47.1 Å². The number of amides is 1. The number of furan rings is 1. The highest BCUT2D eigenvalue weighted by Crippen LogP contribution is 2.15. The van der Waals surface area contributed by atoms with E-state index in [-0.39, 0.29) is 24.5 Å². The van der Waals surface area contributed by atoms with Gasteiger partial charge in [0, 0.05) is 12.1 Å². The van der Waals surface area contributed by atoms with Gasteiger partial charge in [-0.25, -0.2) is 0 Å². The third kappa shape index (κ3) is 4.96. The summed E-state index contributed by atoms with van der Waals surface area (Å²) < 4.78 is 9.77. The first-order valence-electron chi connectivity index (χ1n) is 6.83. The van der Waals surface area contributed by atoms with Crippen molar-refractivity contribution in [3.63, 3.8) is 0 Å². The monoisotopic (exact) mass is 335 g/mol. The highest BCUT2D eigenvalue weighted by atomic mass is 35.5. The minimum Gasteiger partial charge on any atom is -0.459 e. The second-order valence-electron chi connectivity index (χ2n) is 4.55. The zero-order chi connectivity index (χ0) is 16.7. The first-order valence-corrected chi connectivity index (χ1v) is 7.21. The highest BCUT2D eigenvalue weighted by Gasteiger charge is 2.13. The third-order valence-electron chi connectivity index (χ3n) is 2.90. The van der Waals surface area contributed by atoms with Gasteiger partial charge in [0.2, 0.25) is 5.78 Å². The van der Waals surface area contributed by atoms with Gasteiger partial charge in [0.25, 0.3) is 5.91 Å². The lowest BCUT2D eigenvalue weighted by molar-refractivity contribution is -0.142. The van der Waals surface area contributed by atoms with Crippen LogP contribution in [0.25, 0.3) is 0 Å². The van der Waals surface area contributed by atoms with Gasteiger partial charge >= 0.3 is 5.97 Å². The number of Topliss-reactive ketones (excluding diaryl/α,β-unsaturated/α-hetero) is 1. The summed E-state index contributed by atoms with van der Waals surface area (Å²) in [7, 11) is 0. The molecule has 2 aromatic rings. The van der Waals surface area contributed by atoms with Crippen molar-refractivity contribution < 1.29 is 23.5 Å². The van der Waals surface area contributed by atoms with Crippen LogP contribution < -0.4 is 5.32 Å². The first kappa shape index (κ1) is 16.8. The molecular weight excluding hydrogens is 322 g/mol. The van der Waals surface area contributed by atoms with Crippen LogP contribution in [-0.2, 0) is 9.53 Å². The van der Waals surface area contributed by atoms with E-state index in [1.165, 1.54) is 12.3 Å². The standard InChI is InChI=1S/C16H14ClNO5/c17-12-5-2-1-4-11(12)13(19)10-23-15(20)7-8-18-16(21)14-6-3-9-22-14/h1-6,9H,7-8,10H2,(H,18,21). The van der Waals surface area contributed by atoms with Crippen LogP contribution in [0.3, 0.4) is 0 Å². The SMILES string of the molecule is O=C(CCNC(=O)c1ccco1)OCC(=O)c1ccccc1Cl. The van der Waals surface area contributed by atoms with Gasteiger partial charge in [0.15, 0.2) is 12.4 Å². The lowest BCUT2D eigenvalue weighted by atomic mass is 10.1. The Kier molecular flexibility index (Phi) is 5.94.